The number of aryl methyl sites for hydroxylation is 1. The molecule has 0 aromatic heterocycles. The Morgan fingerprint density at radius 3 is 1.83 bits per heavy atom. The molecule has 1 rings (SSSR count). The first-order chi connectivity index (χ1) is 8.41. The Bertz CT molecular complexity index is 329. The largest absolute Gasteiger partial charge is 0.310 e. The first-order valence-corrected chi connectivity index (χ1v) is 7.21. The lowest BCUT2D eigenvalue weighted by Crippen LogP contribution is -2.31. The smallest absolute Gasteiger partial charge is 0.0291 e. The molecule has 1 aromatic carbocycles. The molecule has 0 aliphatic carbocycles. The molecule has 0 saturated carbocycles. The van der Waals surface area contributed by atoms with Gasteiger partial charge in [0.15, 0.2) is 0 Å². The Labute approximate surface area is 113 Å². The average molecular weight is 247 g/mol. The monoisotopic (exact) mass is 247 g/mol. The molecule has 0 aliphatic rings. The maximum absolute atomic E-state index is 3.68. The van der Waals surface area contributed by atoms with Crippen molar-refractivity contribution in [3.05, 3.63) is 35.4 Å². The van der Waals surface area contributed by atoms with Crippen LogP contribution in [0.5, 0.6) is 0 Å². The van der Waals surface area contributed by atoms with E-state index in [9.17, 15) is 0 Å². The minimum atomic E-state index is 0.436. The highest BCUT2D eigenvalue weighted by molar-refractivity contribution is 5.23. The van der Waals surface area contributed by atoms with Crippen molar-refractivity contribution in [1.82, 2.24) is 5.32 Å². The highest BCUT2D eigenvalue weighted by atomic mass is 14.9. The van der Waals surface area contributed by atoms with Gasteiger partial charge in [-0.05, 0) is 43.7 Å². The average Bonchev–Trinajstić information content (AvgIpc) is 2.28. The van der Waals surface area contributed by atoms with Gasteiger partial charge in [-0.15, -0.1) is 0 Å². The molecule has 102 valence electrons. The Balaban J connectivity index is 2.54. The minimum Gasteiger partial charge on any atom is -0.310 e. The van der Waals surface area contributed by atoms with Crippen LogP contribution < -0.4 is 5.32 Å². The summed E-state index contributed by atoms with van der Waals surface area (Å²) in [6, 6.07) is 9.27. The Morgan fingerprint density at radius 2 is 1.39 bits per heavy atom. The van der Waals surface area contributed by atoms with E-state index in [-0.39, 0.29) is 0 Å². The molecule has 1 aromatic rings. The Kier molecular flexibility index (Phi) is 5.87. The summed E-state index contributed by atoms with van der Waals surface area (Å²) in [5.41, 5.74) is 2.71. The maximum atomic E-state index is 3.68. The van der Waals surface area contributed by atoms with Gasteiger partial charge >= 0.3 is 0 Å². The van der Waals surface area contributed by atoms with Gasteiger partial charge in [0.25, 0.3) is 0 Å². The molecule has 0 radical (unpaired) electrons. The molecule has 0 fully saturated rings. The van der Waals surface area contributed by atoms with E-state index in [0.717, 1.165) is 24.3 Å². The summed E-state index contributed by atoms with van der Waals surface area (Å²) in [5, 5.41) is 3.68. The lowest BCUT2D eigenvalue weighted by Gasteiger charge is -2.27. The molecule has 18 heavy (non-hydrogen) atoms. The summed E-state index contributed by atoms with van der Waals surface area (Å²) >= 11 is 0. The second kappa shape index (κ2) is 6.94. The highest BCUT2D eigenvalue weighted by Gasteiger charge is 2.18. The van der Waals surface area contributed by atoms with Crippen molar-refractivity contribution in [3.8, 4) is 0 Å². The van der Waals surface area contributed by atoms with Crippen LogP contribution in [0.2, 0.25) is 0 Å². The topological polar surface area (TPSA) is 12.0 Å². The zero-order valence-electron chi connectivity index (χ0n) is 12.8. The fourth-order valence-electron chi connectivity index (χ4n) is 2.53. The minimum absolute atomic E-state index is 0.436. The van der Waals surface area contributed by atoms with Gasteiger partial charge in [-0.2, -0.15) is 0 Å². The number of nitrogens with one attached hydrogen (secondary N) is 1. The molecule has 0 spiro atoms. The summed E-state index contributed by atoms with van der Waals surface area (Å²) in [7, 11) is 0. The van der Waals surface area contributed by atoms with Gasteiger partial charge in [-0.1, -0.05) is 57.5 Å². The molecule has 1 unspecified atom stereocenters. The Morgan fingerprint density at radius 1 is 0.889 bits per heavy atom. The molecule has 1 atom stereocenters. The van der Waals surface area contributed by atoms with E-state index < -0.39 is 0 Å². The molecule has 0 saturated heterocycles. The van der Waals surface area contributed by atoms with Gasteiger partial charge in [0.05, 0.1) is 0 Å². The standard InChI is InChI=1S/C17H29N/c1-12(2)17(13(3)4)11-18-15(6)16-9-7-14(5)8-10-16/h7-10,12-13,15,17-18H,11H2,1-6H3. The molecule has 0 heterocycles. The van der Waals surface area contributed by atoms with E-state index in [2.05, 4.69) is 71.1 Å². The van der Waals surface area contributed by atoms with Gasteiger partial charge in [0.1, 0.15) is 0 Å². The van der Waals surface area contributed by atoms with E-state index in [1.165, 1.54) is 11.1 Å². The molecule has 1 nitrogen and oxygen atoms in total. The van der Waals surface area contributed by atoms with Crippen molar-refractivity contribution in [2.24, 2.45) is 17.8 Å². The highest BCUT2D eigenvalue weighted by Crippen LogP contribution is 2.21. The molecular weight excluding hydrogens is 218 g/mol. The number of rotatable bonds is 6. The zero-order valence-corrected chi connectivity index (χ0v) is 12.8. The van der Waals surface area contributed by atoms with E-state index in [4.69, 9.17) is 0 Å². The third-order valence-electron chi connectivity index (χ3n) is 3.95. The van der Waals surface area contributed by atoms with Crippen molar-refractivity contribution in [1.29, 1.82) is 0 Å². The number of hydrogen-bond acceptors (Lipinski definition) is 1. The molecule has 1 N–H and O–H groups in total. The SMILES string of the molecule is Cc1ccc(C(C)NCC(C(C)C)C(C)C)cc1. The van der Waals surface area contributed by atoms with Crippen LogP contribution in [0, 0.1) is 24.7 Å². The van der Waals surface area contributed by atoms with Gasteiger partial charge < -0.3 is 5.32 Å². The van der Waals surface area contributed by atoms with Crippen LogP contribution in [0.25, 0.3) is 0 Å². The van der Waals surface area contributed by atoms with Crippen molar-refractivity contribution >= 4 is 0 Å². The molecular formula is C17H29N. The van der Waals surface area contributed by atoms with Crippen molar-refractivity contribution in [3.63, 3.8) is 0 Å². The molecule has 0 bridgehead atoms. The third kappa shape index (κ3) is 4.45. The quantitative estimate of drug-likeness (QED) is 0.776. The molecule has 1 heteroatoms. The van der Waals surface area contributed by atoms with Crippen LogP contribution in [0.4, 0.5) is 0 Å². The fourth-order valence-corrected chi connectivity index (χ4v) is 2.53. The van der Waals surface area contributed by atoms with Crippen molar-refractivity contribution in [2.75, 3.05) is 6.54 Å². The summed E-state index contributed by atoms with van der Waals surface area (Å²) in [6.45, 7) is 14.8. The molecule has 0 amide bonds. The van der Waals surface area contributed by atoms with Crippen LogP contribution in [0.3, 0.4) is 0 Å². The predicted molar refractivity (Wildman–Crippen MR) is 80.8 cm³/mol. The Hall–Kier alpha value is -0.820. The summed E-state index contributed by atoms with van der Waals surface area (Å²) in [5.74, 6) is 2.23. The summed E-state index contributed by atoms with van der Waals surface area (Å²) < 4.78 is 0. The second-order valence-corrected chi connectivity index (χ2v) is 6.19. The van der Waals surface area contributed by atoms with E-state index in [1.54, 1.807) is 0 Å². The molecule has 0 aliphatic heterocycles. The van der Waals surface area contributed by atoms with Gasteiger partial charge in [0, 0.05) is 6.04 Å². The first-order valence-electron chi connectivity index (χ1n) is 7.21. The van der Waals surface area contributed by atoms with E-state index in [1.807, 2.05) is 0 Å². The lowest BCUT2D eigenvalue weighted by atomic mass is 9.85. The number of hydrogen-bond donors (Lipinski definition) is 1. The van der Waals surface area contributed by atoms with Crippen LogP contribution in [0.1, 0.15) is 51.8 Å². The second-order valence-electron chi connectivity index (χ2n) is 6.19. The van der Waals surface area contributed by atoms with Crippen molar-refractivity contribution < 1.29 is 0 Å². The van der Waals surface area contributed by atoms with Gasteiger partial charge in [-0.25, -0.2) is 0 Å². The van der Waals surface area contributed by atoms with Gasteiger partial charge in [0.2, 0.25) is 0 Å². The normalized spacial score (nSPS) is 13.6. The van der Waals surface area contributed by atoms with Crippen LogP contribution in [-0.4, -0.2) is 6.54 Å². The first kappa shape index (κ1) is 15.2. The fraction of sp³-hybridized carbons (Fsp3) is 0.647. The van der Waals surface area contributed by atoms with Crippen molar-refractivity contribution in [2.45, 2.75) is 47.6 Å². The van der Waals surface area contributed by atoms with Crippen LogP contribution >= 0.6 is 0 Å². The summed E-state index contributed by atoms with van der Waals surface area (Å²) in [6.07, 6.45) is 0. The predicted octanol–water partition coefficient (Wildman–Crippen LogP) is 4.57. The summed E-state index contributed by atoms with van der Waals surface area (Å²) in [4.78, 5) is 0. The van der Waals surface area contributed by atoms with Gasteiger partial charge in [-0.3, -0.25) is 0 Å². The number of benzene rings is 1. The van der Waals surface area contributed by atoms with Crippen LogP contribution in [-0.2, 0) is 0 Å². The van der Waals surface area contributed by atoms with Crippen LogP contribution in [0.15, 0.2) is 24.3 Å². The third-order valence-corrected chi connectivity index (χ3v) is 3.95. The lowest BCUT2D eigenvalue weighted by molar-refractivity contribution is 0.268. The van der Waals surface area contributed by atoms with E-state index >= 15 is 0 Å². The zero-order chi connectivity index (χ0) is 13.7. The van der Waals surface area contributed by atoms with E-state index in [0.29, 0.717) is 6.04 Å². The maximum Gasteiger partial charge on any atom is 0.0291 e.